The zero-order valence-electron chi connectivity index (χ0n) is 18.9. The molecular weight excluding hydrogens is 431 g/mol. The molecule has 1 heterocycles. The topological polar surface area (TPSA) is 62.0 Å². The van der Waals surface area contributed by atoms with Crippen molar-refractivity contribution in [3.63, 3.8) is 0 Å². The number of aromatic carboxylic acids is 1. The lowest BCUT2D eigenvalue weighted by molar-refractivity contribution is -0.121. The summed E-state index contributed by atoms with van der Waals surface area (Å²) in [5.74, 6) is -1.44. The number of hydrogen-bond acceptors (Lipinski definition) is 2. The van der Waals surface area contributed by atoms with Crippen molar-refractivity contribution in [3.8, 4) is 0 Å². The van der Waals surface area contributed by atoms with Gasteiger partial charge in [-0.2, -0.15) is 0 Å². The van der Waals surface area contributed by atoms with Crippen molar-refractivity contribution in [1.29, 1.82) is 0 Å². The molecule has 34 heavy (non-hydrogen) atoms. The van der Waals surface area contributed by atoms with Gasteiger partial charge in [-0.15, -0.1) is 0 Å². The number of carboxylic acid groups (broad SMARTS) is 1. The van der Waals surface area contributed by atoms with Crippen molar-refractivity contribution >= 4 is 23.3 Å². The zero-order valence-corrected chi connectivity index (χ0v) is 18.9. The maximum absolute atomic E-state index is 14.5. The van der Waals surface area contributed by atoms with E-state index in [-0.39, 0.29) is 23.9 Å². The highest BCUT2D eigenvalue weighted by molar-refractivity contribution is 6.12. The zero-order chi connectivity index (χ0) is 24.3. The summed E-state index contributed by atoms with van der Waals surface area (Å²) in [4.78, 5) is 30.7. The number of halogens is 1. The van der Waals surface area contributed by atoms with E-state index in [1.54, 1.807) is 41.3 Å². The Labute approximate surface area is 197 Å². The molecule has 1 aliphatic heterocycles. The van der Waals surface area contributed by atoms with Crippen molar-refractivity contribution in [2.45, 2.75) is 37.6 Å². The number of carbonyl (C=O) groups is 2. The maximum atomic E-state index is 14.5. The third kappa shape index (κ3) is 2.90. The van der Waals surface area contributed by atoms with E-state index < -0.39 is 22.6 Å². The predicted octanol–water partition coefficient (Wildman–Crippen LogP) is 5.86. The Morgan fingerprint density at radius 1 is 1.15 bits per heavy atom. The van der Waals surface area contributed by atoms with Gasteiger partial charge in [0.05, 0.1) is 24.1 Å². The third-order valence-corrected chi connectivity index (χ3v) is 7.51. The number of hydrogen-bond donors (Lipinski definition) is 1. The molecule has 0 radical (unpaired) electrons. The molecule has 5 nitrogen and oxygen atoms in total. The third-order valence-electron chi connectivity index (χ3n) is 7.51. The van der Waals surface area contributed by atoms with Gasteiger partial charge in [0.25, 0.3) is 0 Å². The number of nitrogens with zero attached hydrogens (tertiary/aromatic N) is 2. The molecule has 3 aromatic carbocycles. The molecule has 1 amide bonds. The number of amides is 1. The van der Waals surface area contributed by atoms with Crippen LogP contribution >= 0.6 is 0 Å². The van der Waals surface area contributed by atoms with Crippen molar-refractivity contribution in [1.82, 2.24) is 0 Å². The standard InChI is InChI=1S/C28H23FN2O3/c1-17(2)27(20-7-10-22(30-3)11-8-20)16-28(27)23-14-21(29)9-12-24(23)31(26(28)34)15-18-5-4-6-19(13-18)25(32)33/h4-14,17H,15-16H2,1-2H3,(H,32,33)/t27-,28-/m0/s1. The molecule has 0 aromatic heterocycles. The summed E-state index contributed by atoms with van der Waals surface area (Å²) in [6, 6.07) is 18.3. The minimum Gasteiger partial charge on any atom is -0.478 e. The lowest BCUT2D eigenvalue weighted by Gasteiger charge is -2.27. The van der Waals surface area contributed by atoms with Gasteiger partial charge in [0, 0.05) is 11.1 Å². The average molecular weight is 455 g/mol. The Bertz CT molecular complexity index is 1380. The van der Waals surface area contributed by atoms with E-state index in [9.17, 15) is 19.1 Å². The first-order chi connectivity index (χ1) is 16.2. The van der Waals surface area contributed by atoms with Gasteiger partial charge in [-0.3, -0.25) is 4.79 Å². The molecule has 1 spiro atoms. The number of carbonyl (C=O) groups excluding carboxylic acids is 1. The summed E-state index contributed by atoms with van der Waals surface area (Å²) in [7, 11) is 0. The van der Waals surface area contributed by atoms with Crippen LogP contribution in [0.4, 0.5) is 15.8 Å². The van der Waals surface area contributed by atoms with Crippen molar-refractivity contribution < 1.29 is 19.1 Å². The van der Waals surface area contributed by atoms with Gasteiger partial charge >= 0.3 is 5.97 Å². The molecule has 0 unspecified atom stereocenters. The molecule has 0 saturated heterocycles. The molecular formula is C28H23FN2O3. The van der Waals surface area contributed by atoms with Gasteiger partial charge in [-0.1, -0.05) is 50.2 Å². The highest BCUT2D eigenvalue weighted by atomic mass is 19.1. The second-order valence-electron chi connectivity index (χ2n) is 9.43. The summed E-state index contributed by atoms with van der Waals surface area (Å²) in [6.45, 7) is 11.6. The maximum Gasteiger partial charge on any atom is 0.335 e. The van der Waals surface area contributed by atoms with Gasteiger partial charge < -0.3 is 10.0 Å². The first-order valence-electron chi connectivity index (χ1n) is 11.2. The molecule has 2 atom stereocenters. The molecule has 0 bridgehead atoms. The number of carboxylic acids is 1. The monoisotopic (exact) mass is 454 g/mol. The summed E-state index contributed by atoms with van der Waals surface area (Å²) in [5, 5.41) is 9.36. The number of anilines is 1. The number of fused-ring (bicyclic) bond motifs is 2. The highest BCUT2D eigenvalue weighted by Crippen LogP contribution is 2.73. The van der Waals surface area contributed by atoms with Gasteiger partial charge in [0.1, 0.15) is 5.82 Å². The predicted molar refractivity (Wildman–Crippen MR) is 127 cm³/mol. The van der Waals surface area contributed by atoms with E-state index in [1.165, 1.54) is 18.2 Å². The minimum absolute atomic E-state index is 0.0849. The van der Waals surface area contributed by atoms with Gasteiger partial charge in [0.2, 0.25) is 5.91 Å². The minimum atomic E-state index is -1.03. The molecule has 1 N–H and O–H groups in total. The molecule has 1 saturated carbocycles. The lowest BCUT2D eigenvalue weighted by atomic mass is 9.75. The molecule has 2 aliphatic rings. The van der Waals surface area contributed by atoms with Crippen molar-refractivity contribution in [2.24, 2.45) is 5.92 Å². The molecule has 3 aromatic rings. The highest BCUT2D eigenvalue weighted by Gasteiger charge is 2.77. The first-order valence-corrected chi connectivity index (χ1v) is 11.2. The molecule has 1 fully saturated rings. The SMILES string of the molecule is [C-]#[N+]c1ccc([C@@]2(C(C)C)C[C@]23C(=O)N(Cc2cccc(C(=O)O)c2)c2ccc(F)cc23)cc1. The van der Waals surface area contributed by atoms with Gasteiger partial charge in [-0.25, -0.2) is 14.0 Å². The van der Waals surface area contributed by atoms with Crippen LogP contribution in [0.25, 0.3) is 4.85 Å². The van der Waals surface area contributed by atoms with E-state index in [2.05, 4.69) is 18.7 Å². The average Bonchev–Trinajstić information content (AvgIpc) is 3.50. The van der Waals surface area contributed by atoms with Gasteiger partial charge in [-0.05, 0) is 59.4 Å². The largest absolute Gasteiger partial charge is 0.478 e. The van der Waals surface area contributed by atoms with Crippen LogP contribution in [0, 0.1) is 18.3 Å². The lowest BCUT2D eigenvalue weighted by Crippen LogP contribution is -2.38. The second-order valence-corrected chi connectivity index (χ2v) is 9.43. The summed E-state index contributed by atoms with van der Waals surface area (Å²) >= 11 is 0. The van der Waals surface area contributed by atoms with Crippen LogP contribution in [-0.2, 0) is 22.2 Å². The number of rotatable bonds is 5. The molecule has 6 heteroatoms. The van der Waals surface area contributed by atoms with E-state index >= 15 is 0 Å². The quantitative estimate of drug-likeness (QED) is 0.492. The first kappa shape index (κ1) is 21.8. The van der Waals surface area contributed by atoms with Crippen LogP contribution in [0.1, 0.15) is 47.3 Å². The fraction of sp³-hybridized carbons (Fsp3) is 0.250. The van der Waals surface area contributed by atoms with Crippen LogP contribution < -0.4 is 4.90 Å². The van der Waals surface area contributed by atoms with Crippen LogP contribution in [0.5, 0.6) is 0 Å². The Kier molecular flexibility index (Phi) is 4.84. The van der Waals surface area contributed by atoms with E-state index in [0.29, 0.717) is 28.9 Å². The Morgan fingerprint density at radius 2 is 1.88 bits per heavy atom. The van der Waals surface area contributed by atoms with Crippen molar-refractivity contribution in [2.75, 3.05) is 4.90 Å². The Morgan fingerprint density at radius 3 is 2.53 bits per heavy atom. The summed E-state index contributed by atoms with van der Waals surface area (Å²) < 4.78 is 14.5. The Balaban J connectivity index is 1.62. The fourth-order valence-electron chi connectivity index (χ4n) is 5.87. The Hall–Kier alpha value is -3.98. The van der Waals surface area contributed by atoms with Crippen LogP contribution in [0.15, 0.2) is 66.7 Å². The smallest absolute Gasteiger partial charge is 0.335 e. The summed E-state index contributed by atoms with van der Waals surface area (Å²) in [5.41, 5.74) is 2.25. The number of benzene rings is 3. The van der Waals surface area contributed by atoms with Crippen LogP contribution in [0.3, 0.4) is 0 Å². The van der Waals surface area contributed by atoms with E-state index in [4.69, 9.17) is 6.57 Å². The normalized spacial score (nSPS) is 22.7. The fourth-order valence-corrected chi connectivity index (χ4v) is 5.87. The molecule has 1 aliphatic carbocycles. The molecule has 170 valence electrons. The summed E-state index contributed by atoms with van der Waals surface area (Å²) in [6.07, 6.45) is 0.552. The van der Waals surface area contributed by atoms with Crippen molar-refractivity contribution in [3.05, 3.63) is 106 Å². The van der Waals surface area contributed by atoms with E-state index in [1.807, 2.05) is 12.1 Å². The van der Waals surface area contributed by atoms with E-state index in [0.717, 1.165) is 5.56 Å². The molecule has 5 rings (SSSR count). The van der Waals surface area contributed by atoms with Crippen LogP contribution in [-0.4, -0.2) is 17.0 Å². The second kappa shape index (κ2) is 7.53. The van der Waals surface area contributed by atoms with Crippen LogP contribution in [0.2, 0.25) is 0 Å². The van der Waals surface area contributed by atoms with Gasteiger partial charge in [0.15, 0.2) is 5.69 Å².